The maximum Gasteiger partial charge on any atom is 0.160 e. The van der Waals surface area contributed by atoms with Crippen LogP contribution in [0.5, 0.6) is 0 Å². The third-order valence-corrected chi connectivity index (χ3v) is 13.1. The average Bonchev–Trinajstić information content (AvgIpc) is 3.85. The van der Waals surface area contributed by atoms with Gasteiger partial charge in [-0.2, -0.15) is 0 Å². The van der Waals surface area contributed by atoms with E-state index in [1.165, 1.54) is 77.9 Å². The smallest absolute Gasteiger partial charge is 0.160 e. The maximum atomic E-state index is 5.19. The van der Waals surface area contributed by atoms with Crippen molar-refractivity contribution in [2.24, 2.45) is 0 Å². The van der Waals surface area contributed by atoms with Gasteiger partial charge in [0.2, 0.25) is 0 Å². The number of hydrogen-bond donors (Lipinski definition) is 0. The summed E-state index contributed by atoms with van der Waals surface area (Å²) in [5, 5.41) is 0. The zero-order chi connectivity index (χ0) is 38.6. The first kappa shape index (κ1) is 33.0. The molecule has 12 rings (SSSR count). The van der Waals surface area contributed by atoms with Crippen LogP contribution >= 0.6 is 0 Å². The van der Waals surface area contributed by atoms with Gasteiger partial charge in [0.15, 0.2) is 5.82 Å². The fourth-order valence-corrected chi connectivity index (χ4v) is 10.4. The van der Waals surface area contributed by atoms with Gasteiger partial charge in [-0.15, -0.1) is 0 Å². The van der Waals surface area contributed by atoms with E-state index in [2.05, 4.69) is 202 Å². The lowest BCUT2D eigenvalue weighted by Gasteiger charge is -2.30. The first-order valence-electron chi connectivity index (χ1n) is 20.2. The molecule has 0 amide bonds. The Kier molecular flexibility index (Phi) is 6.93. The van der Waals surface area contributed by atoms with E-state index in [-0.39, 0.29) is 10.8 Å². The van der Waals surface area contributed by atoms with Crippen LogP contribution in [0.25, 0.3) is 78.4 Å². The Labute approximate surface area is 339 Å². The van der Waals surface area contributed by atoms with Crippen molar-refractivity contribution in [3.05, 3.63) is 228 Å². The topological polar surface area (TPSA) is 25.8 Å². The number of rotatable bonds is 4. The van der Waals surface area contributed by atoms with Crippen molar-refractivity contribution in [2.75, 3.05) is 0 Å². The van der Waals surface area contributed by atoms with Gasteiger partial charge in [0.1, 0.15) is 0 Å². The van der Waals surface area contributed by atoms with Gasteiger partial charge in [0.25, 0.3) is 0 Å². The van der Waals surface area contributed by atoms with Gasteiger partial charge in [-0.05, 0) is 96.1 Å². The summed E-state index contributed by atoms with van der Waals surface area (Å²) in [5.41, 5.74) is 22.9. The van der Waals surface area contributed by atoms with Crippen molar-refractivity contribution in [2.45, 2.75) is 24.7 Å². The van der Waals surface area contributed by atoms with Gasteiger partial charge in [-0.3, -0.25) is 0 Å². The molecule has 2 heteroatoms. The monoisotopic (exact) mass is 738 g/mol. The predicted octanol–water partition coefficient (Wildman–Crippen LogP) is 13.8. The molecule has 0 saturated carbocycles. The van der Waals surface area contributed by atoms with E-state index in [4.69, 9.17) is 9.97 Å². The summed E-state index contributed by atoms with van der Waals surface area (Å²) in [5.74, 6) is 0.723. The first-order chi connectivity index (χ1) is 28.5. The third kappa shape index (κ3) is 4.54. The van der Waals surface area contributed by atoms with Gasteiger partial charge in [-0.1, -0.05) is 190 Å². The highest BCUT2D eigenvalue weighted by Gasteiger charge is 2.51. The minimum atomic E-state index is -0.365. The molecule has 0 saturated heterocycles. The molecular weight excluding hydrogens is 701 g/mol. The molecular formula is C56H38N2. The van der Waals surface area contributed by atoms with Crippen LogP contribution in [-0.2, 0) is 10.8 Å². The van der Waals surface area contributed by atoms with Crippen LogP contribution in [0.2, 0.25) is 0 Å². The number of hydrogen-bond acceptors (Lipinski definition) is 2. The summed E-state index contributed by atoms with van der Waals surface area (Å²) in [6, 6.07) is 71.1. The number of benzene rings is 8. The van der Waals surface area contributed by atoms with Gasteiger partial charge >= 0.3 is 0 Å². The zero-order valence-corrected chi connectivity index (χ0v) is 32.4. The molecule has 0 unspecified atom stereocenters. The Balaban J connectivity index is 0.967. The molecule has 8 aromatic carbocycles. The highest BCUT2D eigenvalue weighted by atomic mass is 14.9. The largest absolute Gasteiger partial charge is 0.228 e. The predicted molar refractivity (Wildman–Crippen MR) is 238 cm³/mol. The number of aromatic nitrogens is 2. The molecule has 0 fully saturated rings. The third-order valence-electron chi connectivity index (χ3n) is 13.1. The normalized spacial score (nSPS) is 14.3. The molecule has 0 radical (unpaired) electrons. The van der Waals surface area contributed by atoms with Crippen LogP contribution in [-0.4, -0.2) is 9.97 Å². The average molecular weight is 739 g/mol. The fourth-order valence-electron chi connectivity index (χ4n) is 10.4. The van der Waals surface area contributed by atoms with Crippen molar-refractivity contribution in [3.63, 3.8) is 0 Å². The minimum Gasteiger partial charge on any atom is -0.228 e. The van der Waals surface area contributed by atoms with Crippen LogP contribution in [0.4, 0.5) is 0 Å². The summed E-state index contributed by atoms with van der Waals surface area (Å²) >= 11 is 0. The van der Waals surface area contributed by atoms with Gasteiger partial charge in [-0.25, -0.2) is 9.97 Å². The quantitative estimate of drug-likeness (QED) is 0.180. The van der Waals surface area contributed by atoms with E-state index < -0.39 is 0 Å². The molecule has 0 atom stereocenters. The van der Waals surface area contributed by atoms with Gasteiger partial charge in [0, 0.05) is 22.1 Å². The first-order valence-corrected chi connectivity index (χ1v) is 20.2. The van der Waals surface area contributed by atoms with Crippen LogP contribution in [0.3, 0.4) is 0 Å². The molecule has 0 aliphatic heterocycles. The minimum absolute atomic E-state index is 0.0968. The van der Waals surface area contributed by atoms with Crippen LogP contribution < -0.4 is 0 Å². The molecule has 2 nitrogen and oxygen atoms in total. The number of nitrogens with zero attached hydrogens (tertiary/aromatic N) is 2. The Morgan fingerprint density at radius 1 is 0.293 bits per heavy atom. The van der Waals surface area contributed by atoms with Crippen molar-refractivity contribution in [1.29, 1.82) is 0 Å². The van der Waals surface area contributed by atoms with E-state index in [9.17, 15) is 0 Å². The SMILES string of the molecule is CC1(C)c2ccccc2-c2ccc(-c3cc(-c4ccc(-c5ccc6c(c5)C5(c7ccccc7-c7ccccc75)c5ccccc5-6)cc4)nc(-c4ccccc4)n3)cc21. The Morgan fingerprint density at radius 2 is 0.707 bits per heavy atom. The summed E-state index contributed by atoms with van der Waals surface area (Å²) in [7, 11) is 0. The van der Waals surface area contributed by atoms with E-state index in [0.29, 0.717) is 0 Å². The van der Waals surface area contributed by atoms with E-state index in [1.807, 2.05) is 6.07 Å². The second-order valence-electron chi connectivity index (χ2n) is 16.5. The van der Waals surface area contributed by atoms with Crippen LogP contribution in [0.1, 0.15) is 47.2 Å². The molecule has 1 spiro atoms. The van der Waals surface area contributed by atoms with Crippen molar-refractivity contribution in [3.8, 4) is 78.4 Å². The number of fused-ring (bicyclic) bond motifs is 13. The van der Waals surface area contributed by atoms with Crippen molar-refractivity contribution < 1.29 is 0 Å². The molecule has 0 bridgehead atoms. The highest BCUT2D eigenvalue weighted by molar-refractivity contribution is 5.96. The Bertz CT molecular complexity index is 3070. The molecule has 1 aromatic heterocycles. The lowest BCUT2D eigenvalue weighted by Crippen LogP contribution is -2.25. The van der Waals surface area contributed by atoms with Crippen LogP contribution in [0.15, 0.2) is 194 Å². The lowest BCUT2D eigenvalue weighted by atomic mass is 9.70. The molecule has 3 aliphatic rings. The Morgan fingerprint density at radius 3 is 1.31 bits per heavy atom. The zero-order valence-electron chi connectivity index (χ0n) is 32.4. The molecule has 9 aromatic rings. The highest BCUT2D eigenvalue weighted by Crippen LogP contribution is 2.63. The fraction of sp³-hybridized carbons (Fsp3) is 0.0714. The Hall–Kier alpha value is -7.16. The summed E-state index contributed by atoms with van der Waals surface area (Å²) < 4.78 is 0. The van der Waals surface area contributed by atoms with E-state index >= 15 is 0 Å². The second-order valence-corrected chi connectivity index (χ2v) is 16.5. The van der Waals surface area contributed by atoms with E-state index in [1.54, 1.807) is 0 Å². The van der Waals surface area contributed by atoms with Gasteiger partial charge in [0.05, 0.1) is 16.8 Å². The summed E-state index contributed by atoms with van der Waals surface area (Å²) in [6.45, 7) is 4.66. The standard InChI is InChI=1S/C56H38N2/c1-55(2)46-20-10-6-16-40(46)44-31-29-39(33-50(44)55)53-34-52(57-54(58-53)37-14-4-3-5-15-37)36-26-24-35(25-27-36)38-28-30-45-43-19-9-13-23-49(43)56(51(45)32-38)47-21-11-7-17-41(47)42-18-8-12-22-48(42)56/h3-34H,1-2H3. The second kappa shape index (κ2) is 12.2. The van der Waals surface area contributed by atoms with Gasteiger partial charge < -0.3 is 0 Å². The molecule has 272 valence electrons. The van der Waals surface area contributed by atoms with Crippen molar-refractivity contribution in [1.82, 2.24) is 9.97 Å². The maximum absolute atomic E-state index is 5.19. The molecule has 1 heterocycles. The van der Waals surface area contributed by atoms with Crippen molar-refractivity contribution >= 4 is 0 Å². The molecule has 58 heavy (non-hydrogen) atoms. The van der Waals surface area contributed by atoms with Crippen LogP contribution in [0, 0.1) is 0 Å². The lowest BCUT2D eigenvalue weighted by molar-refractivity contribution is 0.660. The summed E-state index contributed by atoms with van der Waals surface area (Å²) in [4.78, 5) is 10.4. The summed E-state index contributed by atoms with van der Waals surface area (Å²) in [6.07, 6.45) is 0. The molecule has 0 N–H and O–H groups in total. The van der Waals surface area contributed by atoms with E-state index in [0.717, 1.165) is 33.9 Å². The molecule has 3 aliphatic carbocycles.